The van der Waals surface area contributed by atoms with Gasteiger partial charge in [-0.2, -0.15) is 5.21 Å². The van der Waals surface area contributed by atoms with Crippen molar-refractivity contribution in [1.29, 1.82) is 0 Å². The van der Waals surface area contributed by atoms with E-state index in [2.05, 4.69) is 25.9 Å². The zero-order chi connectivity index (χ0) is 14.0. The standard InChI is InChI=1S/C11H17N5O3/c1-11(2,3)19-10(18)7-4-6(7)9(17)12-5-8-13-15-16-14-8/h6-7H,4-5H2,1-3H3,(H,12,17)(H,13,14,15,16). The van der Waals surface area contributed by atoms with E-state index in [1.807, 2.05) is 0 Å². The molecule has 19 heavy (non-hydrogen) atoms. The lowest BCUT2D eigenvalue weighted by Crippen LogP contribution is -2.29. The summed E-state index contributed by atoms with van der Waals surface area (Å²) in [4.78, 5) is 23.5. The molecule has 1 fully saturated rings. The number of amides is 1. The molecule has 1 aliphatic rings. The Kier molecular flexibility index (Phi) is 3.50. The Morgan fingerprint density at radius 1 is 1.42 bits per heavy atom. The largest absolute Gasteiger partial charge is 0.460 e. The summed E-state index contributed by atoms with van der Waals surface area (Å²) in [5, 5.41) is 15.8. The molecule has 0 aliphatic heterocycles. The van der Waals surface area contributed by atoms with Crippen molar-refractivity contribution < 1.29 is 14.3 Å². The van der Waals surface area contributed by atoms with E-state index in [4.69, 9.17) is 4.74 Å². The molecule has 2 N–H and O–H groups in total. The molecule has 1 aromatic heterocycles. The maximum Gasteiger partial charge on any atom is 0.310 e. The summed E-state index contributed by atoms with van der Waals surface area (Å²) in [6.07, 6.45) is 0.535. The van der Waals surface area contributed by atoms with E-state index < -0.39 is 5.60 Å². The average molecular weight is 267 g/mol. The van der Waals surface area contributed by atoms with Gasteiger partial charge in [0.2, 0.25) is 5.91 Å². The third-order valence-electron chi connectivity index (χ3n) is 2.65. The van der Waals surface area contributed by atoms with Crippen LogP contribution in [0.1, 0.15) is 33.0 Å². The number of hydrogen-bond donors (Lipinski definition) is 2. The molecule has 2 unspecified atom stereocenters. The molecule has 0 spiro atoms. The highest BCUT2D eigenvalue weighted by Crippen LogP contribution is 2.40. The Hall–Kier alpha value is -1.99. The Labute approximate surface area is 110 Å². The van der Waals surface area contributed by atoms with E-state index in [9.17, 15) is 9.59 Å². The number of nitrogens with one attached hydrogen (secondary N) is 2. The van der Waals surface area contributed by atoms with Crippen LogP contribution in [0.15, 0.2) is 0 Å². The summed E-state index contributed by atoms with van der Waals surface area (Å²) in [6, 6.07) is 0. The number of aromatic nitrogens is 4. The molecule has 0 saturated heterocycles. The fraction of sp³-hybridized carbons (Fsp3) is 0.727. The molecule has 1 aliphatic carbocycles. The summed E-state index contributed by atoms with van der Waals surface area (Å²) in [6.45, 7) is 5.61. The van der Waals surface area contributed by atoms with E-state index in [0.29, 0.717) is 12.2 Å². The van der Waals surface area contributed by atoms with Crippen LogP contribution in [0.3, 0.4) is 0 Å². The average Bonchev–Trinajstić information content (AvgIpc) is 2.93. The lowest BCUT2D eigenvalue weighted by molar-refractivity contribution is -0.157. The summed E-state index contributed by atoms with van der Waals surface area (Å²) in [5.74, 6) is -0.720. The highest BCUT2D eigenvalue weighted by atomic mass is 16.6. The molecule has 104 valence electrons. The third kappa shape index (κ3) is 3.73. The molecule has 8 heteroatoms. The number of ether oxygens (including phenoxy) is 1. The van der Waals surface area contributed by atoms with E-state index in [0.717, 1.165) is 0 Å². The van der Waals surface area contributed by atoms with Crippen LogP contribution in [0.25, 0.3) is 0 Å². The predicted molar refractivity (Wildman–Crippen MR) is 63.5 cm³/mol. The van der Waals surface area contributed by atoms with Crippen molar-refractivity contribution in [3.8, 4) is 0 Å². The smallest absolute Gasteiger partial charge is 0.310 e. The van der Waals surface area contributed by atoms with Crippen LogP contribution in [0, 0.1) is 11.8 Å². The maximum absolute atomic E-state index is 11.8. The van der Waals surface area contributed by atoms with Gasteiger partial charge in [0, 0.05) is 0 Å². The molecular weight excluding hydrogens is 250 g/mol. The Morgan fingerprint density at radius 3 is 2.74 bits per heavy atom. The van der Waals surface area contributed by atoms with E-state index in [1.54, 1.807) is 20.8 Å². The number of esters is 1. The number of H-pyrrole nitrogens is 1. The van der Waals surface area contributed by atoms with Gasteiger partial charge in [0.25, 0.3) is 0 Å². The van der Waals surface area contributed by atoms with Crippen LogP contribution in [0.5, 0.6) is 0 Å². The van der Waals surface area contributed by atoms with Gasteiger partial charge in [0.15, 0.2) is 5.82 Å². The second-order valence-electron chi connectivity index (χ2n) is 5.53. The van der Waals surface area contributed by atoms with Gasteiger partial charge in [0.05, 0.1) is 18.4 Å². The summed E-state index contributed by atoms with van der Waals surface area (Å²) >= 11 is 0. The minimum atomic E-state index is -0.522. The van der Waals surface area contributed by atoms with Gasteiger partial charge >= 0.3 is 5.97 Å². The molecule has 2 atom stereocenters. The quantitative estimate of drug-likeness (QED) is 0.731. The number of carbonyl (C=O) groups is 2. The number of nitrogens with zero attached hydrogens (tertiary/aromatic N) is 3. The molecule has 1 aromatic rings. The normalized spacial score (nSPS) is 21.8. The molecule has 2 rings (SSSR count). The van der Waals surface area contributed by atoms with Crippen LogP contribution < -0.4 is 5.32 Å². The zero-order valence-electron chi connectivity index (χ0n) is 11.1. The van der Waals surface area contributed by atoms with Gasteiger partial charge in [-0.1, -0.05) is 5.21 Å². The van der Waals surface area contributed by atoms with Crippen molar-refractivity contribution in [2.75, 3.05) is 0 Å². The summed E-state index contributed by atoms with van der Waals surface area (Å²) in [5.41, 5.74) is -0.522. The number of hydrogen-bond acceptors (Lipinski definition) is 6. The highest BCUT2D eigenvalue weighted by Gasteiger charge is 2.49. The van der Waals surface area contributed by atoms with Crippen LogP contribution in [-0.4, -0.2) is 38.1 Å². The number of aromatic amines is 1. The number of rotatable bonds is 4. The van der Waals surface area contributed by atoms with E-state index in [-0.39, 0.29) is 30.3 Å². The Morgan fingerprint density at radius 2 is 2.16 bits per heavy atom. The highest BCUT2D eigenvalue weighted by molar-refractivity contribution is 5.90. The first-order valence-electron chi connectivity index (χ1n) is 6.10. The fourth-order valence-electron chi connectivity index (χ4n) is 1.68. The number of tetrazole rings is 1. The first-order chi connectivity index (χ1) is 8.87. The van der Waals surface area contributed by atoms with Crippen LogP contribution in [0.2, 0.25) is 0 Å². The first-order valence-corrected chi connectivity index (χ1v) is 6.10. The van der Waals surface area contributed by atoms with Crippen molar-refractivity contribution in [2.45, 2.75) is 39.3 Å². The third-order valence-corrected chi connectivity index (χ3v) is 2.65. The molecule has 0 radical (unpaired) electrons. The lowest BCUT2D eigenvalue weighted by Gasteiger charge is -2.19. The SMILES string of the molecule is CC(C)(C)OC(=O)C1CC1C(=O)NCc1nn[nH]n1. The molecule has 1 heterocycles. The first kappa shape index (κ1) is 13.4. The summed E-state index contributed by atoms with van der Waals surface area (Å²) in [7, 11) is 0. The minimum absolute atomic E-state index is 0.180. The van der Waals surface area contributed by atoms with Crippen molar-refractivity contribution in [3.05, 3.63) is 5.82 Å². The fourth-order valence-corrected chi connectivity index (χ4v) is 1.68. The van der Waals surface area contributed by atoms with Crippen LogP contribution >= 0.6 is 0 Å². The van der Waals surface area contributed by atoms with Crippen molar-refractivity contribution in [1.82, 2.24) is 25.9 Å². The van der Waals surface area contributed by atoms with Gasteiger partial charge in [0.1, 0.15) is 5.60 Å². The van der Waals surface area contributed by atoms with Gasteiger partial charge in [-0.3, -0.25) is 9.59 Å². The van der Waals surface area contributed by atoms with Gasteiger partial charge < -0.3 is 10.1 Å². The van der Waals surface area contributed by atoms with E-state index >= 15 is 0 Å². The van der Waals surface area contributed by atoms with Crippen molar-refractivity contribution in [3.63, 3.8) is 0 Å². The molecule has 0 aromatic carbocycles. The maximum atomic E-state index is 11.8. The number of carbonyl (C=O) groups excluding carboxylic acids is 2. The van der Waals surface area contributed by atoms with Crippen molar-refractivity contribution >= 4 is 11.9 Å². The summed E-state index contributed by atoms with van der Waals surface area (Å²) < 4.78 is 5.23. The molecular formula is C11H17N5O3. The molecule has 0 bridgehead atoms. The Bertz CT molecular complexity index is 465. The topological polar surface area (TPSA) is 110 Å². The van der Waals surface area contributed by atoms with Gasteiger partial charge in [-0.15, -0.1) is 10.2 Å². The van der Waals surface area contributed by atoms with Crippen LogP contribution in [0.4, 0.5) is 0 Å². The molecule has 8 nitrogen and oxygen atoms in total. The van der Waals surface area contributed by atoms with Crippen LogP contribution in [-0.2, 0) is 20.9 Å². The minimum Gasteiger partial charge on any atom is -0.460 e. The van der Waals surface area contributed by atoms with Crippen molar-refractivity contribution in [2.24, 2.45) is 11.8 Å². The van der Waals surface area contributed by atoms with Gasteiger partial charge in [-0.05, 0) is 27.2 Å². The predicted octanol–water partition coefficient (Wildman–Crippen LogP) is -0.206. The molecule has 1 saturated carbocycles. The Balaban J connectivity index is 1.76. The monoisotopic (exact) mass is 267 g/mol. The lowest BCUT2D eigenvalue weighted by atomic mass is 10.2. The second kappa shape index (κ2) is 4.94. The second-order valence-corrected chi connectivity index (χ2v) is 5.53. The van der Waals surface area contributed by atoms with E-state index in [1.165, 1.54) is 0 Å². The zero-order valence-corrected chi connectivity index (χ0v) is 11.1. The van der Waals surface area contributed by atoms with Gasteiger partial charge in [-0.25, -0.2) is 0 Å². The molecule has 1 amide bonds.